The molecule has 1 aromatic rings. The van der Waals surface area contributed by atoms with Gasteiger partial charge in [-0.2, -0.15) is 0 Å². The second-order valence-corrected chi connectivity index (χ2v) is 5.44. The Balaban J connectivity index is 1.94. The average Bonchev–Trinajstić information content (AvgIpc) is 2.38. The quantitative estimate of drug-likeness (QED) is 0.874. The van der Waals surface area contributed by atoms with Gasteiger partial charge >= 0.3 is 0 Å². The van der Waals surface area contributed by atoms with Crippen molar-refractivity contribution >= 4 is 11.6 Å². The maximum absolute atomic E-state index is 12.3. The van der Waals surface area contributed by atoms with E-state index in [2.05, 4.69) is 5.32 Å². The monoisotopic (exact) mass is 260 g/mol. The maximum Gasteiger partial charge on any atom is 0.227 e. The van der Waals surface area contributed by atoms with Crippen LogP contribution in [0.15, 0.2) is 24.3 Å². The largest absolute Gasteiger partial charge is 0.326 e. The van der Waals surface area contributed by atoms with E-state index < -0.39 is 0 Å². The first kappa shape index (κ1) is 14.1. The minimum Gasteiger partial charge on any atom is -0.326 e. The number of nitrogens with one attached hydrogen (secondary N) is 1. The third-order valence-electron chi connectivity index (χ3n) is 3.91. The standard InChI is InChI=1S/C16H24N2O/c17-12-13-7-6-10-15(11-13)18-16(19)14-8-4-2-1-3-5-9-14/h6-7,10-11,14H,1-5,8-9,12,17H2,(H,18,19). The van der Waals surface area contributed by atoms with Crippen molar-refractivity contribution in [2.24, 2.45) is 11.7 Å². The van der Waals surface area contributed by atoms with Gasteiger partial charge in [0.25, 0.3) is 0 Å². The third kappa shape index (κ3) is 4.35. The molecule has 1 aliphatic rings. The molecule has 0 atom stereocenters. The van der Waals surface area contributed by atoms with Gasteiger partial charge in [0.2, 0.25) is 5.91 Å². The molecule has 3 heteroatoms. The lowest BCUT2D eigenvalue weighted by atomic mass is 9.90. The predicted octanol–water partition coefficient (Wildman–Crippen LogP) is 3.44. The zero-order valence-electron chi connectivity index (χ0n) is 11.5. The molecule has 0 bridgehead atoms. The molecule has 1 amide bonds. The minimum atomic E-state index is 0.177. The predicted molar refractivity (Wildman–Crippen MR) is 78.8 cm³/mol. The van der Waals surface area contributed by atoms with Crippen LogP contribution in [0.3, 0.4) is 0 Å². The Labute approximate surface area is 115 Å². The maximum atomic E-state index is 12.3. The average molecular weight is 260 g/mol. The van der Waals surface area contributed by atoms with Crippen LogP contribution in [0.5, 0.6) is 0 Å². The van der Waals surface area contributed by atoms with E-state index in [4.69, 9.17) is 5.73 Å². The Bertz CT molecular complexity index is 409. The second kappa shape index (κ2) is 7.29. The molecule has 1 aromatic carbocycles. The lowest BCUT2D eigenvalue weighted by molar-refractivity contribution is -0.120. The summed E-state index contributed by atoms with van der Waals surface area (Å²) in [6.07, 6.45) is 8.29. The molecule has 0 heterocycles. The fourth-order valence-electron chi connectivity index (χ4n) is 2.74. The summed E-state index contributed by atoms with van der Waals surface area (Å²) >= 11 is 0. The Kier molecular flexibility index (Phi) is 5.40. The van der Waals surface area contributed by atoms with Crippen LogP contribution in [-0.4, -0.2) is 5.91 Å². The smallest absolute Gasteiger partial charge is 0.227 e. The number of hydrogen-bond donors (Lipinski definition) is 2. The zero-order valence-corrected chi connectivity index (χ0v) is 11.5. The zero-order chi connectivity index (χ0) is 13.5. The van der Waals surface area contributed by atoms with Gasteiger partial charge in [-0.3, -0.25) is 4.79 Å². The number of carbonyl (C=O) groups excluding carboxylic acids is 1. The molecule has 0 radical (unpaired) electrons. The summed E-state index contributed by atoms with van der Waals surface area (Å²) in [7, 11) is 0. The van der Waals surface area contributed by atoms with Crippen molar-refractivity contribution in [2.75, 3.05) is 5.32 Å². The molecular weight excluding hydrogens is 236 g/mol. The molecule has 0 saturated heterocycles. The van der Waals surface area contributed by atoms with E-state index >= 15 is 0 Å². The van der Waals surface area contributed by atoms with Crippen LogP contribution < -0.4 is 11.1 Å². The fraction of sp³-hybridized carbons (Fsp3) is 0.562. The molecule has 1 saturated carbocycles. The second-order valence-electron chi connectivity index (χ2n) is 5.44. The molecule has 104 valence electrons. The van der Waals surface area contributed by atoms with Gasteiger partial charge in [0.15, 0.2) is 0 Å². The van der Waals surface area contributed by atoms with E-state index in [1.54, 1.807) is 0 Å². The third-order valence-corrected chi connectivity index (χ3v) is 3.91. The van der Waals surface area contributed by atoms with Crippen LogP contribution >= 0.6 is 0 Å². The summed E-state index contributed by atoms with van der Waals surface area (Å²) in [5, 5.41) is 3.04. The Hall–Kier alpha value is -1.35. The Morgan fingerprint density at radius 1 is 1.16 bits per heavy atom. The van der Waals surface area contributed by atoms with E-state index in [9.17, 15) is 4.79 Å². The van der Waals surface area contributed by atoms with Crippen molar-refractivity contribution < 1.29 is 4.79 Å². The lowest BCUT2D eigenvalue weighted by Gasteiger charge is -2.19. The van der Waals surface area contributed by atoms with Gasteiger partial charge in [-0.25, -0.2) is 0 Å². The SMILES string of the molecule is NCc1cccc(NC(=O)C2CCCCCCC2)c1. The highest BCUT2D eigenvalue weighted by atomic mass is 16.1. The van der Waals surface area contributed by atoms with Gasteiger partial charge in [-0.1, -0.05) is 44.2 Å². The summed E-state index contributed by atoms with van der Waals surface area (Å²) in [5.74, 6) is 0.359. The summed E-state index contributed by atoms with van der Waals surface area (Å²) in [6, 6.07) is 7.81. The molecule has 2 rings (SSSR count). The summed E-state index contributed by atoms with van der Waals surface area (Å²) in [5.41, 5.74) is 7.54. The van der Waals surface area contributed by atoms with Gasteiger partial charge < -0.3 is 11.1 Å². The number of hydrogen-bond acceptors (Lipinski definition) is 2. The summed E-state index contributed by atoms with van der Waals surface area (Å²) in [6.45, 7) is 0.507. The van der Waals surface area contributed by atoms with Crippen molar-refractivity contribution in [3.63, 3.8) is 0 Å². The van der Waals surface area contributed by atoms with Crippen molar-refractivity contribution in [3.05, 3.63) is 29.8 Å². The molecule has 3 nitrogen and oxygen atoms in total. The molecule has 1 aliphatic carbocycles. The molecule has 3 N–H and O–H groups in total. The summed E-state index contributed by atoms with van der Waals surface area (Å²) in [4.78, 5) is 12.3. The first-order valence-electron chi connectivity index (χ1n) is 7.39. The Morgan fingerprint density at radius 2 is 1.84 bits per heavy atom. The highest BCUT2D eigenvalue weighted by molar-refractivity contribution is 5.92. The van der Waals surface area contributed by atoms with Gasteiger partial charge in [-0.05, 0) is 30.5 Å². The van der Waals surface area contributed by atoms with Crippen LogP contribution in [0.1, 0.15) is 50.5 Å². The van der Waals surface area contributed by atoms with E-state index in [-0.39, 0.29) is 11.8 Å². The molecule has 19 heavy (non-hydrogen) atoms. The van der Waals surface area contributed by atoms with E-state index in [1.807, 2.05) is 24.3 Å². The first-order chi connectivity index (χ1) is 9.29. The molecule has 0 spiro atoms. The highest BCUT2D eigenvalue weighted by Gasteiger charge is 2.19. The molecule has 0 aliphatic heterocycles. The van der Waals surface area contributed by atoms with E-state index in [0.717, 1.165) is 24.1 Å². The van der Waals surface area contributed by atoms with E-state index in [1.165, 1.54) is 32.1 Å². The minimum absolute atomic E-state index is 0.177. The number of benzene rings is 1. The van der Waals surface area contributed by atoms with Crippen molar-refractivity contribution in [3.8, 4) is 0 Å². The fourth-order valence-corrected chi connectivity index (χ4v) is 2.74. The van der Waals surface area contributed by atoms with Crippen molar-refractivity contribution in [2.45, 2.75) is 51.5 Å². The van der Waals surface area contributed by atoms with Crippen molar-refractivity contribution in [1.82, 2.24) is 0 Å². The lowest BCUT2D eigenvalue weighted by Crippen LogP contribution is -2.23. The number of amides is 1. The number of rotatable bonds is 3. The molecule has 1 fully saturated rings. The molecule has 0 aromatic heterocycles. The van der Waals surface area contributed by atoms with Crippen LogP contribution in [-0.2, 0) is 11.3 Å². The summed E-state index contributed by atoms with van der Waals surface area (Å²) < 4.78 is 0. The molecular formula is C16H24N2O. The van der Waals surface area contributed by atoms with Crippen LogP contribution in [0.4, 0.5) is 5.69 Å². The normalized spacial score (nSPS) is 17.5. The van der Waals surface area contributed by atoms with E-state index in [0.29, 0.717) is 6.54 Å². The topological polar surface area (TPSA) is 55.1 Å². The van der Waals surface area contributed by atoms with Crippen LogP contribution in [0.2, 0.25) is 0 Å². The van der Waals surface area contributed by atoms with Gasteiger partial charge in [-0.15, -0.1) is 0 Å². The van der Waals surface area contributed by atoms with Crippen LogP contribution in [0, 0.1) is 5.92 Å². The first-order valence-corrected chi connectivity index (χ1v) is 7.39. The van der Waals surface area contributed by atoms with Crippen molar-refractivity contribution in [1.29, 1.82) is 0 Å². The number of nitrogens with two attached hydrogens (primary N) is 1. The van der Waals surface area contributed by atoms with Crippen LogP contribution in [0.25, 0.3) is 0 Å². The highest BCUT2D eigenvalue weighted by Crippen LogP contribution is 2.23. The number of carbonyl (C=O) groups is 1. The number of anilines is 1. The Morgan fingerprint density at radius 3 is 2.53 bits per heavy atom. The van der Waals surface area contributed by atoms with Gasteiger partial charge in [0.05, 0.1) is 0 Å². The van der Waals surface area contributed by atoms with Gasteiger partial charge in [0, 0.05) is 18.2 Å². The van der Waals surface area contributed by atoms with Gasteiger partial charge in [0.1, 0.15) is 0 Å². The molecule has 0 unspecified atom stereocenters.